The molecular formula is C18H18Cl2N2O5S. The van der Waals surface area contributed by atoms with Gasteiger partial charge in [-0.05, 0) is 49.2 Å². The van der Waals surface area contributed by atoms with Crippen molar-refractivity contribution in [3.05, 3.63) is 57.6 Å². The number of carbonyl (C=O) groups is 2. The Kier molecular flexibility index (Phi) is 7.42. The smallest absolute Gasteiger partial charge is 0.321 e. The Morgan fingerprint density at radius 1 is 1.07 bits per heavy atom. The zero-order chi connectivity index (χ0) is 20.9. The number of sulfonamides is 1. The van der Waals surface area contributed by atoms with E-state index in [9.17, 15) is 18.0 Å². The normalized spacial score (nSPS) is 11.1. The van der Waals surface area contributed by atoms with Crippen molar-refractivity contribution in [2.24, 2.45) is 0 Å². The van der Waals surface area contributed by atoms with Crippen LogP contribution in [-0.4, -0.2) is 33.4 Å². The summed E-state index contributed by atoms with van der Waals surface area (Å²) in [7, 11) is -3.88. The van der Waals surface area contributed by atoms with Gasteiger partial charge in [-0.2, -0.15) is 4.72 Å². The lowest BCUT2D eigenvalue weighted by Gasteiger charge is -2.10. The SMILES string of the molecule is Cc1ccc(S(=O)(=O)NCC(=O)OCC(=O)Nc2cccc(Cl)c2Cl)cc1C. The third-order valence-corrected chi connectivity index (χ3v) is 6.00. The van der Waals surface area contributed by atoms with Gasteiger partial charge in [0, 0.05) is 0 Å². The molecule has 2 aromatic carbocycles. The number of esters is 1. The Morgan fingerprint density at radius 3 is 2.46 bits per heavy atom. The number of nitrogens with one attached hydrogen (secondary N) is 2. The van der Waals surface area contributed by atoms with E-state index in [1.807, 2.05) is 6.92 Å². The van der Waals surface area contributed by atoms with Crippen molar-refractivity contribution >= 4 is 50.8 Å². The Morgan fingerprint density at radius 2 is 1.79 bits per heavy atom. The molecule has 0 aromatic heterocycles. The van der Waals surface area contributed by atoms with E-state index in [1.54, 1.807) is 25.1 Å². The quantitative estimate of drug-likeness (QED) is 0.638. The second-order valence-corrected chi connectivity index (χ2v) is 8.43. The van der Waals surface area contributed by atoms with Gasteiger partial charge >= 0.3 is 5.97 Å². The zero-order valence-corrected chi connectivity index (χ0v) is 17.4. The minimum absolute atomic E-state index is 0.0386. The third-order valence-electron chi connectivity index (χ3n) is 3.79. The van der Waals surface area contributed by atoms with Gasteiger partial charge in [0.15, 0.2) is 6.61 Å². The van der Waals surface area contributed by atoms with E-state index in [0.29, 0.717) is 0 Å². The van der Waals surface area contributed by atoms with Crippen molar-refractivity contribution < 1.29 is 22.7 Å². The Balaban J connectivity index is 1.85. The molecule has 150 valence electrons. The summed E-state index contributed by atoms with van der Waals surface area (Å²) in [5.74, 6) is -1.55. The molecule has 0 saturated heterocycles. The van der Waals surface area contributed by atoms with Crippen molar-refractivity contribution in [2.75, 3.05) is 18.5 Å². The summed E-state index contributed by atoms with van der Waals surface area (Å²) in [6.07, 6.45) is 0. The highest BCUT2D eigenvalue weighted by atomic mass is 35.5. The number of aryl methyl sites for hydroxylation is 2. The van der Waals surface area contributed by atoms with Gasteiger partial charge in [0.1, 0.15) is 6.54 Å². The maximum Gasteiger partial charge on any atom is 0.321 e. The van der Waals surface area contributed by atoms with E-state index >= 15 is 0 Å². The molecule has 0 saturated carbocycles. The van der Waals surface area contributed by atoms with Crippen LogP contribution in [0.4, 0.5) is 5.69 Å². The maximum atomic E-state index is 12.2. The number of hydrogen-bond acceptors (Lipinski definition) is 5. The van der Waals surface area contributed by atoms with Crippen LogP contribution in [0.5, 0.6) is 0 Å². The molecule has 2 rings (SSSR count). The zero-order valence-electron chi connectivity index (χ0n) is 15.1. The van der Waals surface area contributed by atoms with Crippen LogP contribution in [-0.2, 0) is 24.3 Å². The summed E-state index contributed by atoms with van der Waals surface area (Å²) in [4.78, 5) is 23.6. The van der Waals surface area contributed by atoms with Crippen molar-refractivity contribution in [1.29, 1.82) is 0 Å². The molecule has 1 amide bonds. The fourth-order valence-corrected chi connectivity index (χ4v) is 3.50. The monoisotopic (exact) mass is 444 g/mol. The summed E-state index contributed by atoms with van der Waals surface area (Å²) in [5, 5.41) is 2.86. The molecule has 0 unspecified atom stereocenters. The largest absolute Gasteiger partial charge is 0.455 e. The number of ether oxygens (including phenoxy) is 1. The summed E-state index contributed by atoms with van der Waals surface area (Å²) in [6.45, 7) is 2.43. The lowest BCUT2D eigenvalue weighted by Crippen LogP contribution is -2.32. The lowest BCUT2D eigenvalue weighted by molar-refractivity contribution is -0.146. The number of anilines is 1. The first kappa shape index (κ1) is 22.2. The van der Waals surface area contributed by atoms with Gasteiger partial charge in [0.05, 0.1) is 20.6 Å². The maximum absolute atomic E-state index is 12.2. The first-order valence-electron chi connectivity index (χ1n) is 8.06. The van der Waals surface area contributed by atoms with Gasteiger partial charge in [-0.1, -0.05) is 35.3 Å². The van der Waals surface area contributed by atoms with Crippen molar-refractivity contribution in [2.45, 2.75) is 18.7 Å². The van der Waals surface area contributed by atoms with Gasteiger partial charge in [-0.25, -0.2) is 8.42 Å². The van der Waals surface area contributed by atoms with Gasteiger partial charge < -0.3 is 10.1 Å². The molecule has 0 aliphatic carbocycles. The third kappa shape index (κ3) is 5.93. The van der Waals surface area contributed by atoms with E-state index < -0.39 is 35.1 Å². The van der Waals surface area contributed by atoms with E-state index in [4.69, 9.17) is 27.9 Å². The van der Waals surface area contributed by atoms with E-state index in [-0.39, 0.29) is 20.6 Å². The van der Waals surface area contributed by atoms with Gasteiger partial charge in [-0.3, -0.25) is 9.59 Å². The molecule has 7 nitrogen and oxygen atoms in total. The predicted octanol–water partition coefficient (Wildman–Crippen LogP) is 3.07. The summed E-state index contributed by atoms with van der Waals surface area (Å²) < 4.78 is 31.4. The van der Waals surface area contributed by atoms with E-state index in [0.717, 1.165) is 11.1 Å². The average molecular weight is 445 g/mol. The topological polar surface area (TPSA) is 102 Å². The highest BCUT2D eigenvalue weighted by Gasteiger charge is 2.17. The molecule has 0 bridgehead atoms. The molecule has 0 heterocycles. The molecule has 0 radical (unpaired) electrons. The van der Waals surface area contributed by atoms with Crippen LogP contribution >= 0.6 is 23.2 Å². The van der Waals surface area contributed by atoms with E-state index in [2.05, 4.69) is 10.0 Å². The number of carbonyl (C=O) groups excluding carboxylic acids is 2. The van der Waals surface area contributed by atoms with Crippen LogP contribution < -0.4 is 10.0 Å². The minimum Gasteiger partial charge on any atom is -0.455 e. The number of rotatable bonds is 7. The molecule has 2 N–H and O–H groups in total. The standard InChI is InChI=1S/C18H18Cl2N2O5S/c1-11-6-7-13(8-12(11)2)28(25,26)21-9-17(24)27-10-16(23)22-15-5-3-4-14(19)18(15)20/h3-8,21H,9-10H2,1-2H3,(H,22,23). The second-order valence-electron chi connectivity index (χ2n) is 5.88. The molecule has 0 aliphatic rings. The highest BCUT2D eigenvalue weighted by molar-refractivity contribution is 7.89. The fraction of sp³-hybridized carbons (Fsp3) is 0.222. The van der Waals surface area contributed by atoms with Crippen molar-refractivity contribution in [1.82, 2.24) is 4.72 Å². The Labute approximate surface area is 173 Å². The van der Waals surface area contributed by atoms with Crippen LogP contribution in [0.2, 0.25) is 10.0 Å². The predicted molar refractivity (Wildman–Crippen MR) is 107 cm³/mol. The number of benzene rings is 2. The molecule has 10 heteroatoms. The van der Waals surface area contributed by atoms with Gasteiger partial charge in [-0.15, -0.1) is 0 Å². The summed E-state index contributed by atoms with van der Waals surface area (Å²) in [6, 6.07) is 9.31. The molecule has 0 spiro atoms. The number of amides is 1. The average Bonchev–Trinajstić information content (AvgIpc) is 2.64. The van der Waals surface area contributed by atoms with E-state index in [1.165, 1.54) is 18.2 Å². The van der Waals surface area contributed by atoms with Crippen LogP contribution in [0.15, 0.2) is 41.3 Å². The van der Waals surface area contributed by atoms with Crippen LogP contribution in [0, 0.1) is 13.8 Å². The first-order valence-corrected chi connectivity index (χ1v) is 10.3. The van der Waals surface area contributed by atoms with Crippen LogP contribution in [0.25, 0.3) is 0 Å². The number of hydrogen-bond donors (Lipinski definition) is 2. The molecule has 0 fully saturated rings. The van der Waals surface area contributed by atoms with Crippen LogP contribution in [0.3, 0.4) is 0 Å². The Hall–Kier alpha value is -2.13. The molecule has 28 heavy (non-hydrogen) atoms. The fourth-order valence-electron chi connectivity index (χ4n) is 2.10. The van der Waals surface area contributed by atoms with Crippen molar-refractivity contribution in [3.63, 3.8) is 0 Å². The first-order chi connectivity index (χ1) is 13.1. The molecular weight excluding hydrogens is 427 g/mol. The van der Waals surface area contributed by atoms with Crippen LogP contribution in [0.1, 0.15) is 11.1 Å². The second kappa shape index (κ2) is 9.38. The van der Waals surface area contributed by atoms with Gasteiger partial charge in [0.2, 0.25) is 10.0 Å². The summed E-state index contributed by atoms with van der Waals surface area (Å²) in [5.41, 5.74) is 2.02. The molecule has 0 atom stereocenters. The lowest BCUT2D eigenvalue weighted by atomic mass is 10.1. The molecule has 0 aliphatic heterocycles. The number of halogens is 2. The van der Waals surface area contributed by atoms with Crippen molar-refractivity contribution in [3.8, 4) is 0 Å². The Bertz CT molecular complexity index is 1010. The minimum atomic E-state index is -3.88. The highest BCUT2D eigenvalue weighted by Crippen LogP contribution is 2.29. The summed E-state index contributed by atoms with van der Waals surface area (Å²) >= 11 is 11.8. The van der Waals surface area contributed by atoms with Gasteiger partial charge in [0.25, 0.3) is 5.91 Å². The molecule has 2 aromatic rings.